The van der Waals surface area contributed by atoms with Crippen molar-refractivity contribution in [2.45, 2.75) is 6.92 Å². The van der Waals surface area contributed by atoms with Crippen LogP contribution in [-0.4, -0.2) is 15.9 Å². The number of aromatic nitrogens is 2. The molecular weight excluding hydrogens is 130 g/mol. The molecule has 1 rings (SSSR count). The third-order valence-corrected chi connectivity index (χ3v) is 1.03. The highest BCUT2D eigenvalue weighted by Gasteiger charge is 1.99. The van der Waals surface area contributed by atoms with Crippen molar-refractivity contribution in [3.8, 4) is 0 Å². The first kappa shape index (κ1) is 6.67. The first-order valence-corrected chi connectivity index (χ1v) is 2.79. The van der Waals surface area contributed by atoms with Gasteiger partial charge in [-0.2, -0.15) is 0 Å². The van der Waals surface area contributed by atoms with E-state index in [0.717, 1.165) is 0 Å². The molecular formula is C6H7N3O. The Bertz CT molecular complexity index is 259. The zero-order chi connectivity index (χ0) is 7.56. The van der Waals surface area contributed by atoms with E-state index in [1.807, 2.05) is 0 Å². The number of carbonyl (C=O) groups is 1. The lowest BCUT2D eigenvalue weighted by Gasteiger charge is -1.92. The predicted octanol–water partition coefficient (Wildman–Crippen LogP) is -0.116. The van der Waals surface area contributed by atoms with E-state index in [2.05, 4.69) is 9.97 Å². The number of primary amides is 1. The highest BCUT2D eigenvalue weighted by Crippen LogP contribution is 1.91. The van der Waals surface area contributed by atoms with Gasteiger partial charge in [-0.1, -0.05) is 0 Å². The smallest absolute Gasteiger partial charge is 0.267 e. The first-order chi connectivity index (χ1) is 4.70. The van der Waals surface area contributed by atoms with Gasteiger partial charge in [0.1, 0.15) is 11.5 Å². The van der Waals surface area contributed by atoms with E-state index in [1.54, 1.807) is 6.92 Å². The van der Waals surface area contributed by atoms with Crippen LogP contribution >= 0.6 is 0 Å². The summed E-state index contributed by atoms with van der Waals surface area (Å²) >= 11 is 0. The molecule has 0 atom stereocenters. The summed E-state index contributed by atoms with van der Waals surface area (Å²) in [6.45, 7) is 1.70. The summed E-state index contributed by atoms with van der Waals surface area (Å²) in [6.07, 6.45) is 1.50. The Balaban J connectivity index is 3.07. The summed E-state index contributed by atoms with van der Waals surface area (Å²) in [4.78, 5) is 18.1. The van der Waals surface area contributed by atoms with Crippen LogP contribution in [0.4, 0.5) is 0 Å². The molecule has 1 amide bonds. The number of rotatable bonds is 1. The number of nitrogens with two attached hydrogens (primary N) is 1. The van der Waals surface area contributed by atoms with E-state index in [9.17, 15) is 4.79 Å². The quantitative estimate of drug-likeness (QED) is 0.586. The number of nitrogens with zero attached hydrogens (tertiary/aromatic N) is 2. The van der Waals surface area contributed by atoms with E-state index in [1.165, 1.54) is 12.3 Å². The van der Waals surface area contributed by atoms with Crippen LogP contribution in [0.25, 0.3) is 0 Å². The van der Waals surface area contributed by atoms with E-state index in [4.69, 9.17) is 5.73 Å². The molecule has 10 heavy (non-hydrogen) atoms. The summed E-state index contributed by atoms with van der Waals surface area (Å²) in [5.74, 6) is 0.0294. The van der Waals surface area contributed by atoms with Crippen LogP contribution in [0, 0.1) is 6.92 Å². The lowest BCUT2D eigenvalue weighted by Crippen LogP contribution is -2.13. The highest BCUT2D eigenvalue weighted by atomic mass is 16.1. The standard InChI is InChI=1S/C6H7N3O/c1-4-8-3-2-5(9-4)6(7)10/h2-3H,1H3,(H2,7,10). The van der Waals surface area contributed by atoms with Crippen LogP contribution in [0.1, 0.15) is 16.3 Å². The third kappa shape index (κ3) is 1.28. The molecule has 0 saturated heterocycles. The number of amides is 1. The summed E-state index contributed by atoms with van der Waals surface area (Å²) < 4.78 is 0. The fourth-order valence-corrected chi connectivity index (χ4v) is 0.593. The Kier molecular flexibility index (Phi) is 1.62. The average Bonchev–Trinajstić information content (AvgIpc) is 1.88. The number of hydrogen-bond acceptors (Lipinski definition) is 3. The molecule has 0 fully saturated rings. The van der Waals surface area contributed by atoms with Gasteiger partial charge in [-0.25, -0.2) is 9.97 Å². The lowest BCUT2D eigenvalue weighted by molar-refractivity contribution is 0.0995. The van der Waals surface area contributed by atoms with Crippen molar-refractivity contribution in [1.29, 1.82) is 0 Å². The molecule has 0 aromatic carbocycles. The molecule has 1 aromatic heterocycles. The van der Waals surface area contributed by atoms with Gasteiger partial charge >= 0.3 is 0 Å². The van der Waals surface area contributed by atoms with E-state index >= 15 is 0 Å². The van der Waals surface area contributed by atoms with Crippen LogP contribution < -0.4 is 5.73 Å². The Labute approximate surface area is 58.1 Å². The molecule has 2 N–H and O–H groups in total. The summed E-state index contributed by atoms with van der Waals surface area (Å²) in [5, 5.41) is 0. The van der Waals surface area contributed by atoms with Gasteiger partial charge in [0.05, 0.1) is 0 Å². The number of aryl methyl sites for hydroxylation is 1. The molecule has 4 nitrogen and oxygen atoms in total. The van der Waals surface area contributed by atoms with Gasteiger partial charge in [0.25, 0.3) is 5.91 Å². The summed E-state index contributed by atoms with van der Waals surface area (Å²) in [7, 11) is 0. The minimum Gasteiger partial charge on any atom is -0.364 e. The SMILES string of the molecule is Cc1nccc(C(N)=O)n1. The second kappa shape index (κ2) is 2.43. The Morgan fingerprint density at radius 3 is 2.80 bits per heavy atom. The van der Waals surface area contributed by atoms with Crippen molar-refractivity contribution in [3.63, 3.8) is 0 Å². The summed E-state index contributed by atoms with van der Waals surface area (Å²) in [5.41, 5.74) is 5.21. The first-order valence-electron chi connectivity index (χ1n) is 2.79. The monoisotopic (exact) mass is 137 g/mol. The van der Waals surface area contributed by atoms with Gasteiger partial charge in [-0.3, -0.25) is 4.79 Å². The largest absolute Gasteiger partial charge is 0.364 e. The second-order valence-corrected chi connectivity index (χ2v) is 1.85. The van der Waals surface area contributed by atoms with Gasteiger partial charge in [0, 0.05) is 6.20 Å². The number of carbonyl (C=O) groups excluding carboxylic acids is 1. The maximum atomic E-state index is 10.5. The van der Waals surface area contributed by atoms with Crippen molar-refractivity contribution in [1.82, 2.24) is 9.97 Å². The van der Waals surface area contributed by atoms with Crippen LogP contribution in [0.5, 0.6) is 0 Å². The molecule has 0 unspecified atom stereocenters. The predicted molar refractivity (Wildman–Crippen MR) is 35.3 cm³/mol. The molecule has 0 aliphatic carbocycles. The minimum absolute atomic E-state index is 0.257. The molecule has 0 saturated carbocycles. The van der Waals surface area contributed by atoms with Crippen LogP contribution in [0.15, 0.2) is 12.3 Å². The van der Waals surface area contributed by atoms with Crippen molar-refractivity contribution in [2.75, 3.05) is 0 Å². The van der Waals surface area contributed by atoms with Crippen molar-refractivity contribution in [3.05, 3.63) is 23.8 Å². The lowest BCUT2D eigenvalue weighted by atomic mass is 10.4. The Hall–Kier alpha value is -1.45. The highest BCUT2D eigenvalue weighted by molar-refractivity contribution is 5.90. The molecule has 0 aliphatic heterocycles. The molecule has 4 heteroatoms. The van der Waals surface area contributed by atoms with Crippen molar-refractivity contribution < 1.29 is 4.79 Å². The Morgan fingerprint density at radius 1 is 1.70 bits per heavy atom. The van der Waals surface area contributed by atoms with Gasteiger partial charge in [0.2, 0.25) is 0 Å². The zero-order valence-electron chi connectivity index (χ0n) is 5.53. The Morgan fingerprint density at radius 2 is 2.40 bits per heavy atom. The molecule has 0 aliphatic rings. The fourth-order valence-electron chi connectivity index (χ4n) is 0.593. The van der Waals surface area contributed by atoms with Crippen molar-refractivity contribution >= 4 is 5.91 Å². The molecule has 1 aromatic rings. The zero-order valence-corrected chi connectivity index (χ0v) is 5.53. The average molecular weight is 137 g/mol. The van der Waals surface area contributed by atoms with Gasteiger partial charge < -0.3 is 5.73 Å². The molecule has 0 radical (unpaired) electrons. The van der Waals surface area contributed by atoms with Crippen LogP contribution in [0.3, 0.4) is 0 Å². The molecule has 52 valence electrons. The van der Waals surface area contributed by atoms with E-state index in [0.29, 0.717) is 5.82 Å². The third-order valence-electron chi connectivity index (χ3n) is 1.03. The van der Waals surface area contributed by atoms with E-state index < -0.39 is 5.91 Å². The maximum Gasteiger partial charge on any atom is 0.267 e. The second-order valence-electron chi connectivity index (χ2n) is 1.85. The van der Waals surface area contributed by atoms with E-state index in [-0.39, 0.29) is 5.69 Å². The summed E-state index contributed by atoms with van der Waals surface area (Å²) in [6, 6.07) is 1.48. The topological polar surface area (TPSA) is 68.9 Å². The van der Waals surface area contributed by atoms with Gasteiger partial charge in [-0.15, -0.1) is 0 Å². The maximum absolute atomic E-state index is 10.5. The van der Waals surface area contributed by atoms with Crippen LogP contribution in [0.2, 0.25) is 0 Å². The molecule has 0 bridgehead atoms. The fraction of sp³-hybridized carbons (Fsp3) is 0.167. The molecule has 0 spiro atoms. The molecule has 1 heterocycles. The van der Waals surface area contributed by atoms with Gasteiger partial charge in [-0.05, 0) is 13.0 Å². The normalized spacial score (nSPS) is 9.30. The van der Waals surface area contributed by atoms with Crippen LogP contribution in [-0.2, 0) is 0 Å². The van der Waals surface area contributed by atoms with Gasteiger partial charge in [0.15, 0.2) is 0 Å². The minimum atomic E-state index is -0.523. The number of hydrogen-bond donors (Lipinski definition) is 1. The van der Waals surface area contributed by atoms with Crippen molar-refractivity contribution in [2.24, 2.45) is 5.73 Å².